The molecule has 1 aromatic rings. The highest BCUT2D eigenvalue weighted by Crippen LogP contribution is 2.17. The Kier molecular flexibility index (Phi) is 7.07. The van der Waals surface area contributed by atoms with Gasteiger partial charge in [-0.1, -0.05) is 11.8 Å². The highest BCUT2D eigenvalue weighted by molar-refractivity contribution is 7.99. The quantitative estimate of drug-likeness (QED) is 0.516. The highest BCUT2D eigenvalue weighted by atomic mass is 32.2. The summed E-state index contributed by atoms with van der Waals surface area (Å²) in [4.78, 5) is 11.5. The summed E-state index contributed by atoms with van der Waals surface area (Å²) in [6, 6.07) is 0.138. The number of aromatic nitrogens is 3. The lowest BCUT2D eigenvalue weighted by atomic mass is 10.4. The second-order valence-electron chi connectivity index (χ2n) is 4.22. The number of aromatic amines is 1. The summed E-state index contributed by atoms with van der Waals surface area (Å²) in [5, 5.41) is 10.6. The fourth-order valence-electron chi connectivity index (χ4n) is 1.51. The maximum absolute atomic E-state index is 11.5. The van der Waals surface area contributed by atoms with Gasteiger partial charge in [0.15, 0.2) is 5.16 Å². The molecule has 0 amide bonds. The second-order valence-corrected chi connectivity index (χ2v) is 5.28. The lowest BCUT2D eigenvalue weighted by Gasteiger charge is -2.08. The van der Waals surface area contributed by atoms with Gasteiger partial charge in [0, 0.05) is 25.4 Å². The maximum atomic E-state index is 11.5. The average molecular weight is 274 g/mol. The molecule has 104 valence electrons. The van der Waals surface area contributed by atoms with Crippen LogP contribution in [0.15, 0.2) is 9.95 Å². The van der Waals surface area contributed by atoms with Crippen molar-refractivity contribution in [2.24, 2.45) is 0 Å². The molecule has 0 aliphatic carbocycles. The zero-order valence-corrected chi connectivity index (χ0v) is 12.0. The van der Waals surface area contributed by atoms with Crippen LogP contribution in [0, 0.1) is 0 Å². The van der Waals surface area contributed by atoms with E-state index in [-0.39, 0.29) is 11.7 Å². The summed E-state index contributed by atoms with van der Waals surface area (Å²) in [6.07, 6.45) is 1.04. The molecule has 0 saturated heterocycles. The van der Waals surface area contributed by atoms with Gasteiger partial charge in [0.05, 0.1) is 6.61 Å². The molecule has 0 unspecified atom stereocenters. The average Bonchev–Trinajstić information content (AvgIpc) is 2.69. The predicted molar refractivity (Wildman–Crippen MR) is 73.3 cm³/mol. The fourth-order valence-corrected chi connectivity index (χ4v) is 2.52. The van der Waals surface area contributed by atoms with Gasteiger partial charge in [-0.15, -0.1) is 5.10 Å². The molecule has 1 aromatic heterocycles. The van der Waals surface area contributed by atoms with E-state index in [0.717, 1.165) is 37.0 Å². The van der Waals surface area contributed by atoms with E-state index in [4.69, 9.17) is 4.74 Å². The Labute approximate surface area is 111 Å². The van der Waals surface area contributed by atoms with E-state index in [1.165, 1.54) is 0 Å². The predicted octanol–water partition coefficient (Wildman–Crippen LogP) is 0.870. The van der Waals surface area contributed by atoms with Gasteiger partial charge in [-0.2, -0.15) is 0 Å². The van der Waals surface area contributed by atoms with E-state index in [0.29, 0.717) is 0 Å². The molecule has 0 radical (unpaired) electrons. The van der Waals surface area contributed by atoms with Crippen molar-refractivity contribution in [1.29, 1.82) is 0 Å². The molecule has 0 spiro atoms. The first-order valence-corrected chi connectivity index (χ1v) is 7.14. The van der Waals surface area contributed by atoms with Crippen molar-refractivity contribution in [2.45, 2.75) is 31.5 Å². The van der Waals surface area contributed by atoms with Gasteiger partial charge < -0.3 is 10.1 Å². The molecule has 1 heterocycles. The summed E-state index contributed by atoms with van der Waals surface area (Å²) in [7, 11) is 1.69. The van der Waals surface area contributed by atoms with Gasteiger partial charge in [0.25, 0.3) is 0 Å². The van der Waals surface area contributed by atoms with Crippen LogP contribution in [0.2, 0.25) is 0 Å². The van der Waals surface area contributed by atoms with Crippen molar-refractivity contribution in [1.82, 2.24) is 20.1 Å². The molecular formula is C11H22N4O2S. The maximum Gasteiger partial charge on any atom is 0.344 e. The highest BCUT2D eigenvalue weighted by Gasteiger charge is 2.10. The molecule has 7 heteroatoms. The Hall–Kier alpha value is -0.790. The largest absolute Gasteiger partial charge is 0.383 e. The van der Waals surface area contributed by atoms with E-state index in [1.807, 2.05) is 13.8 Å². The minimum Gasteiger partial charge on any atom is -0.383 e. The SMILES string of the molecule is COCCNCCCSc1n[nH]c(=O)n1C(C)C. The molecule has 0 aromatic carbocycles. The first kappa shape index (κ1) is 15.3. The molecule has 1 rings (SSSR count). The third kappa shape index (κ3) is 4.83. The van der Waals surface area contributed by atoms with Crippen molar-refractivity contribution in [3.63, 3.8) is 0 Å². The van der Waals surface area contributed by atoms with E-state index in [1.54, 1.807) is 23.4 Å². The van der Waals surface area contributed by atoms with Gasteiger partial charge in [-0.25, -0.2) is 9.89 Å². The monoisotopic (exact) mass is 274 g/mol. The zero-order valence-electron chi connectivity index (χ0n) is 11.2. The minimum absolute atomic E-state index is 0.134. The molecule has 18 heavy (non-hydrogen) atoms. The molecule has 6 nitrogen and oxygen atoms in total. The summed E-state index contributed by atoms with van der Waals surface area (Å²) in [5.74, 6) is 0.941. The fraction of sp³-hybridized carbons (Fsp3) is 0.818. The number of nitrogens with zero attached hydrogens (tertiary/aromatic N) is 2. The standard InChI is InChI=1S/C11H22N4O2S/c1-9(2)15-10(16)13-14-11(15)18-8-4-5-12-6-7-17-3/h9,12H,4-8H2,1-3H3,(H,13,16). The Morgan fingerprint density at radius 3 is 2.94 bits per heavy atom. The van der Waals surface area contributed by atoms with E-state index < -0.39 is 0 Å². The number of methoxy groups -OCH3 is 1. The number of nitrogens with one attached hydrogen (secondary N) is 2. The molecule has 0 fully saturated rings. The van der Waals surface area contributed by atoms with Crippen molar-refractivity contribution in [2.75, 3.05) is 32.6 Å². The molecule has 2 N–H and O–H groups in total. The number of hydrogen-bond acceptors (Lipinski definition) is 5. The Morgan fingerprint density at radius 2 is 2.28 bits per heavy atom. The number of rotatable bonds is 9. The van der Waals surface area contributed by atoms with Crippen LogP contribution >= 0.6 is 11.8 Å². The first-order chi connectivity index (χ1) is 8.66. The van der Waals surface area contributed by atoms with Crippen molar-refractivity contribution < 1.29 is 4.74 Å². The van der Waals surface area contributed by atoms with Crippen molar-refractivity contribution in [3.05, 3.63) is 10.5 Å². The normalized spacial score (nSPS) is 11.3. The third-order valence-electron chi connectivity index (χ3n) is 2.40. The van der Waals surface area contributed by atoms with Gasteiger partial charge >= 0.3 is 5.69 Å². The van der Waals surface area contributed by atoms with Crippen LogP contribution in [-0.2, 0) is 4.74 Å². The van der Waals surface area contributed by atoms with Crippen LogP contribution in [0.1, 0.15) is 26.3 Å². The lowest BCUT2D eigenvalue weighted by molar-refractivity contribution is 0.199. The van der Waals surface area contributed by atoms with Gasteiger partial charge in [-0.3, -0.25) is 4.57 Å². The molecule has 0 bridgehead atoms. The van der Waals surface area contributed by atoms with Gasteiger partial charge in [-0.05, 0) is 26.8 Å². The van der Waals surface area contributed by atoms with Gasteiger partial charge in [0.2, 0.25) is 0 Å². The number of ether oxygens (including phenoxy) is 1. The van der Waals surface area contributed by atoms with Gasteiger partial charge in [0.1, 0.15) is 0 Å². The molecule has 0 atom stereocenters. The smallest absolute Gasteiger partial charge is 0.344 e. The lowest BCUT2D eigenvalue weighted by Crippen LogP contribution is -2.21. The zero-order chi connectivity index (χ0) is 13.4. The summed E-state index contributed by atoms with van der Waals surface area (Å²) in [5.41, 5.74) is -0.134. The van der Waals surface area contributed by atoms with Crippen LogP contribution in [0.5, 0.6) is 0 Å². The molecule has 0 saturated carbocycles. The Balaban J connectivity index is 2.25. The number of thioether (sulfide) groups is 1. The molecule has 0 aliphatic heterocycles. The summed E-state index contributed by atoms with van der Waals surface area (Å²) < 4.78 is 6.63. The third-order valence-corrected chi connectivity index (χ3v) is 3.44. The number of H-pyrrole nitrogens is 1. The van der Waals surface area contributed by atoms with Crippen LogP contribution < -0.4 is 11.0 Å². The van der Waals surface area contributed by atoms with Crippen LogP contribution in [-0.4, -0.2) is 47.3 Å². The Bertz CT molecular complexity index is 389. The van der Waals surface area contributed by atoms with Crippen LogP contribution in [0.3, 0.4) is 0 Å². The van der Waals surface area contributed by atoms with Crippen LogP contribution in [0.25, 0.3) is 0 Å². The Morgan fingerprint density at radius 1 is 1.50 bits per heavy atom. The van der Waals surface area contributed by atoms with Crippen molar-refractivity contribution >= 4 is 11.8 Å². The van der Waals surface area contributed by atoms with Crippen molar-refractivity contribution in [3.8, 4) is 0 Å². The topological polar surface area (TPSA) is 71.9 Å². The summed E-state index contributed by atoms with van der Waals surface area (Å²) >= 11 is 1.61. The first-order valence-electron chi connectivity index (χ1n) is 6.16. The summed E-state index contributed by atoms with van der Waals surface area (Å²) in [6.45, 7) is 6.52. The number of hydrogen-bond donors (Lipinski definition) is 2. The van der Waals surface area contributed by atoms with E-state index in [2.05, 4.69) is 15.5 Å². The van der Waals surface area contributed by atoms with Crippen LogP contribution in [0.4, 0.5) is 0 Å². The second kappa shape index (κ2) is 8.34. The molecular weight excluding hydrogens is 252 g/mol. The molecule has 0 aliphatic rings. The van der Waals surface area contributed by atoms with E-state index >= 15 is 0 Å². The van der Waals surface area contributed by atoms with E-state index in [9.17, 15) is 4.79 Å². The minimum atomic E-state index is -0.134.